The predicted molar refractivity (Wildman–Crippen MR) is 87.4 cm³/mol. The van der Waals surface area contributed by atoms with Crippen molar-refractivity contribution >= 4 is 5.82 Å². The average molecular weight is 320 g/mol. The number of aryl methyl sites for hydroxylation is 2. The number of likely N-dealkylation sites (N-methyl/N-ethyl adjacent to an activating group) is 1. The first-order valence-electron chi connectivity index (χ1n) is 7.61. The van der Waals surface area contributed by atoms with E-state index in [2.05, 4.69) is 15.3 Å². The first-order chi connectivity index (χ1) is 10.9. The monoisotopic (exact) mass is 320 g/mol. The number of anilines is 1. The van der Waals surface area contributed by atoms with E-state index in [0.29, 0.717) is 18.2 Å². The summed E-state index contributed by atoms with van der Waals surface area (Å²) in [7, 11) is 3.59. The molecule has 124 valence electrons. The number of nitrogens with zero attached hydrogens (tertiary/aromatic N) is 3. The first-order valence-corrected chi connectivity index (χ1v) is 7.61. The molecule has 0 aliphatic rings. The van der Waals surface area contributed by atoms with Gasteiger partial charge in [-0.2, -0.15) is 0 Å². The fourth-order valence-corrected chi connectivity index (χ4v) is 2.47. The molecule has 1 aromatic heterocycles. The zero-order valence-electron chi connectivity index (χ0n) is 13.9. The molecule has 1 atom stereocenters. The maximum absolute atomic E-state index is 14.0. The lowest BCUT2D eigenvalue weighted by Crippen LogP contribution is -2.29. The van der Waals surface area contributed by atoms with Gasteiger partial charge < -0.3 is 10.2 Å². The number of rotatable bonds is 6. The summed E-state index contributed by atoms with van der Waals surface area (Å²) in [6, 6.07) is 5.34. The largest absolute Gasteiger partial charge is 0.368 e. The lowest BCUT2D eigenvalue weighted by atomic mass is 10.0. The Labute approximate surface area is 135 Å². The Kier molecular flexibility index (Phi) is 5.60. The molecule has 2 aromatic rings. The fraction of sp³-hybridized carbons (Fsp3) is 0.412. The normalized spacial score (nSPS) is 12.5. The van der Waals surface area contributed by atoms with Crippen molar-refractivity contribution in [3.8, 4) is 0 Å². The number of hydrogen-bond acceptors (Lipinski definition) is 4. The topological polar surface area (TPSA) is 41.0 Å². The van der Waals surface area contributed by atoms with Crippen molar-refractivity contribution < 1.29 is 8.78 Å². The zero-order chi connectivity index (χ0) is 17.0. The molecule has 0 amide bonds. The van der Waals surface area contributed by atoms with Crippen LogP contribution in [0.4, 0.5) is 14.6 Å². The standard InChI is InChI=1S/C17H22F2N4/c1-5-12-9-16(22-11(2)21-12)20-10-15(23(3)4)17-13(18)7-6-8-14(17)19/h6-9,15H,5,10H2,1-4H3,(H,20,21,22). The van der Waals surface area contributed by atoms with Crippen molar-refractivity contribution in [1.82, 2.24) is 14.9 Å². The van der Waals surface area contributed by atoms with Gasteiger partial charge in [-0.15, -0.1) is 0 Å². The molecular formula is C17H22F2N4. The summed E-state index contributed by atoms with van der Waals surface area (Å²) in [5.74, 6) is 0.250. The van der Waals surface area contributed by atoms with Crippen LogP contribution >= 0.6 is 0 Å². The van der Waals surface area contributed by atoms with E-state index >= 15 is 0 Å². The van der Waals surface area contributed by atoms with E-state index in [9.17, 15) is 8.78 Å². The van der Waals surface area contributed by atoms with Gasteiger partial charge in [0.15, 0.2) is 0 Å². The Morgan fingerprint density at radius 1 is 1.17 bits per heavy atom. The van der Waals surface area contributed by atoms with Crippen LogP contribution in [0.5, 0.6) is 0 Å². The van der Waals surface area contributed by atoms with Crippen LogP contribution in [0.25, 0.3) is 0 Å². The highest BCUT2D eigenvalue weighted by atomic mass is 19.1. The average Bonchev–Trinajstić information content (AvgIpc) is 2.49. The van der Waals surface area contributed by atoms with Crippen molar-refractivity contribution in [2.75, 3.05) is 26.0 Å². The van der Waals surface area contributed by atoms with Crippen molar-refractivity contribution in [1.29, 1.82) is 0 Å². The van der Waals surface area contributed by atoms with Gasteiger partial charge in [-0.1, -0.05) is 13.0 Å². The number of nitrogens with one attached hydrogen (secondary N) is 1. The van der Waals surface area contributed by atoms with Gasteiger partial charge in [-0.3, -0.25) is 0 Å². The van der Waals surface area contributed by atoms with Gasteiger partial charge in [0.25, 0.3) is 0 Å². The molecule has 6 heteroatoms. The predicted octanol–water partition coefficient (Wildman–Crippen LogP) is 3.34. The van der Waals surface area contributed by atoms with Crippen LogP contribution in [-0.2, 0) is 6.42 Å². The summed E-state index contributed by atoms with van der Waals surface area (Å²) < 4.78 is 28.1. The highest BCUT2D eigenvalue weighted by Crippen LogP contribution is 2.25. The van der Waals surface area contributed by atoms with Crippen molar-refractivity contribution in [3.05, 3.63) is 53.0 Å². The summed E-state index contributed by atoms with van der Waals surface area (Å²) in [5, 5.41) is 3.17. The molecule has 0 fully saturated rings. The third kappa shape index (κ3) is 4.22. The zero-order valence-corrected chi connectivity index (χ0v) is 13.9. The SMILES string of the molecule is CCc1cc(NCC(c2c(F)cccc2F)N(C)C)nc(C)n1. The van der Waals surface area contributed by atoms with Gasteiger partial charge in [0, 0.05) is 23.9 Å². The van der Waals surface area contributed by atoms with E-state index in [4.69, 9.17) is 0 Å². The van der Waals surface area contributed by atoms with Gasteiger partial charge in [0.1, 0.15) is 23.3 Å². The van der Waals surface area contributed by atoms with Crippen LogP contribution in [0, 0.1) is 18.6 Å². The molecule has 0 saturated carbocycles. The second kappa shape index (κ2) is 7.46. The van der Waals surface area contributed by atoms with Gasteiger partial charge in [-0.05, 0) is 39.6 Å². The minimum absolute atomic E-state index is 0.0616. The third-order valence-electron chi connectivity index (χ3n) is 3.69. The fourth-order valence-electron chi connectivity index (χ4n) is 2.47. The van der Waals surface area contributed by atoms with Crippen molar-refractivity contribution in [3.63, 3.8) is 0 Å². The first kappa shape index (κ1) is 17.3. The second-order valence-corrected chi connectivity index (χ2v) is 5.64. The van der Waals surface area contributed by atoms with Crippen molar-refractivity contribution in [2.24, 2.45) is 0 Å². The minimum Gasteiger partial charge on any atom is -0.368 e. The number of hydrogen-bond donors (Lipinski definition) is 1. The molecule has 0 bridgehead atoms. The number of halogens is 2. The van der Waals surface area contributed by atoms with Gasteiger partial charge in [0.2, 0.25) is 0 Å². The van der Waals surface area contributed by atoms with E-state index in [0.717, 1.165) is 12.1 Å². The van der Waals surface area contributed by atoms with E-state index in [1.54, 1.807) is 19.0 Å². The summed E-state index contributed by atoms with van der Waals surface area (Å²) in [6.07, 6.45) is 0.803. The molecule has 0 aliphatic carbocycles. The summed E-state index contributed by atoms with van der Waals surface area (Å²) in [6.45, 7) is 4.18. The minimum atomic E-state index is -0.543. The van der Waals surface area contributed by atoms with Gasteiger partial charge in [0.05, 0.1) is 6.04 Å². The van der Waals surface area contributed by atoms with E-state index in [1.807, 2.05) is 19.9 Å². The van der Waals surface area contributed by atoms with Gasteiger partial charge >= 0.3 is 0 Å². The molecule has 0 aliphatic heterocycles. The quantitative estimate of drug-likeness (QED) is 0.886. The van der Waals surface area contributed by atoms with Crippen molar-refractivity contribution in [2.45, 2.75) is 26.3 Å². The van der Waals surface area contributed by atoms with Crippen LogP contribution in [0.1, 0.15) is 30.0 Å². The van der Waals surface area contributed by atoms with E-state index in [1.165, 1.54) is 18.2 Å². The number of aromatic nitrogens is 2. The highest BCUT2D eigenvalue weighted by Gasteiger charge is 2.22. The summed E-state index contributed by atoms with van der Waals surface area (Å²) >= 11 is 0. The second-order valence-electron chi connectivity index (χ2n) is 5.64. The Morgan fingerprint density at radius 2 is 1.83 bits per heavy atom. The molecule has 0 saturated heterocycles. The summed E-state index contributed by atoms with van der Waals surface area (Å²) in [4.78, 5) is 10.4. The van der Waals surface area contributed by atoms with E-state index in [-0.39, 0.29) is 5.56 Å². The Balaban J connectivity index is 2.23. The Bertz CT molecular complexity index is 653. The van der Waals surface area contributed by atoms with Crippen LogP contribution in [0.2, 0.25) is 0 Å². The summed E-state index contributed by atoms with van der Waals surface area (Å²) in [5.41, 5.74) is 0.991. The molecule has 0 spiro atoms. The van der Waals surface area contributed by atoms with Crippen LogP contribution in [0.15, 0.2) is 24.3 Å². The van der Waals surface area contributed by atoms with Crippen LogP contribution < -0.4 is 5.32 Å². The molecule has 1 unspecified atom stereocenters. The molecule has 0 radical (unpaired) electrons. The molecule has 2 rings (SSSR count). The maximum Gasteiger partial charge on any atom is 0.130 e. The molecule has 1 N–H and O–H groups in total. The Hall–Kier alpha value is -2.08. The lowest BCUT2D eigenvalue weighted by Gasteiger charge is -2.26. The lowest BCUT2D eigenvalue weighted by molar-refractivity contribution is 0.295. The van der Waals surface area contributed by atoms with E-state index < -0.39 is 17.7 Å². The molecular weight excluding hydrogens is 298 g/mol. The third-order valence-corrected chi connectivity index (χ3v) is 3.69. The van der Waals surface area contributed by atoms with Crippen LogP contribution in [0.3, 0.4) is 0 Å². The highest BCUT2D eigenvalue weighted by molar-refractivity contribution is 5.37. The Morgan fingerprint density at radius 3 is 2.39 bits per heavy atom. The molecule has 23 heavy (non-hydrogen) atoms. The maximum atomic E-state index is 14.0. The molecule has 1 aromatic carbocycles. The molecule has 4 nitrogen and oxygen atoms in total. The number of benzene rings is 1. The van der Waals surface area contributed by atoms with Gasteiger partial charge in [-0.25, -0.2) is 18.7 Å². The smallest absolute Gasteiger partial charge is 0.130 e. The molecule has 1 heterocycles. The van der Waals surface area contributed by atoms with Crippen LogP contribution in [-0.4, -0.2) is 35.5 Å².